The van der Waals surface area contributed by atoms with E-state index in [1.54, 1.807) is 20.1 Å². The van der Waals surface area contributed by atoms with E-state index in [-0.39, 0.29) is 11.9 Å². The minimum absolute atomic E-state index is 0.169. The van der Waals surface area contributed by atoms with Gasteiger partial charge >= 0.3 is 0 Å². The highest BCUT2D eigenvalue weighted by Gasteiger charge is 2.29. The molecule has 28 heavy (non-hydrogen) atoms. The van der Waals surface area contributed by atoms with Crippen molar-refractivity contribution in [2.24, 2.45) is 17.4 Å². The zero-order valence-electron chi connectivity index (χ0n) is 17.0. The van der Waals surface area contributed by atoms with Crippen LogP contribution < -0.4 is 27.4 Å². The first-order valence-electron chi connectivity index (χ1n) is 9.63. The molecule has 4 atom stereocenters. The molecular formula is C18H35N6O4. The first-order valence-corrected chi connectivity index (χ1v) is 9.63. The fourth-order valence-corrected chi connectivity index (χ4v) is 2.48. The molecule has 0 bridgehead atoms. The number of rotatable bonds is 14. The highest BCUT2D eigenvalue weighted by atomic mass is 16.3. The van der Waals surface area contributed by atoms with Crippen molar-refractivity contribution in [1.82, 2.24) is 16.0 Å². The number of guanidine groups is 1. The summed E-state index contributed by atoms with van der Waals surface area (Å²) in [6.07, 6.45) is 3.45. The lowest BCUT2D eigenvalue weighted by Crippen LogP contribution is -2.56. The summed E-state index contributed by atoms with van der Waals surface area (Å²) >= 11 is 0. The quantitative estimate of drug-likeness (QED) is 0.109. The van der Waals surface area contributed by atoms with E-state index in [1.807, 2.05) is 6.92 Å². The molecule has 1 radical (unpaired) electrons. The van der Waals surface area contributed by atoms with Crippen LogP contribution in [0.3, 0.4) is 0 Å². The zero-order valence-corrected chi connectivity index (χ0v) is 17.0. The van der Waals surface area contributed by atoms with Gasteiger partial charge in [-0.2, -0.15) is 0 Å². The summed E-state index contributed by atoms with van der Waals surface area (Å²) < 4.78 is 0. The van der Waals surface area contributed by atoms with Crippen LogP contribution in [0.4, 0.5) is 0 Å². The second-order valence-electron chi connectivity index (χ2n) is 7.13. The van der Waals surface area contributed by atoms with Gasteiger partial charge in [0.25, 0.3) is 0 Å². The number of hydrogen-bond acceptors (Lipinski definition) is 6. The van der Waals surface area contributed by atoms with E-state index in [0.29, 0.717) is 32.2 Å². The predicted molar refractivity (Wildman–Crippen MR) is 107 cm³/mol. The van der Waals surface area contributed by atoms with Crippen molar-refractivity contribution in [3.05, 3.63) is 0 Å². The first-order chi connectivity index (χ1) is 13.1. The van der Waals surface area contributed by atoms with Gasteiger partial charge in [0.1, 0.15) is 12.1 Å². The van der Waals surface area contributed by atoms with Gasteiger partial charge in [-0.05, 0) is 25.2 Å². The van der Waals surface area contributed by atoms with Crippen LogP contribution >= 0.6 is 0 Å². The summed E-state index contributed by atoms with van der Waals surface area (Å²) in [5.41, 5.74) is 11.0. The Morgan fingerprint density at radius 1 is 1.14 bits per heavy atom. The fraction of sp³-hybridized carbons (Fsp3) is 0.778. The van der Waals surface area contributed by atoms with Crippen molar-refractivity contribution in [3.63, 3.8) is 0 Å². The maximum atomic E-state index is 12.5. The number of hydrogen-bond donors (Lipinski definition) is 7. The Hall–Kier alpha value is -2.20. The second-order valence-corrected chi connectivity index (χ2v) is 7.13. The number of amides is 2. The Bertz CT molecular complexity index is 514. The Morgan fingerprint density at radius 2 is 1.79 bits per heavy atom. The van der Waals surface area contributed by atoms with Gasteiger partial charge in [0.05, 0.1) is 12.1 Å². The molecule has 0 unspecified atom stereocenters. The van der Waals surface area contributed by atoms with Crippen LogP contribution in [0.25, 0.3) is 0 Å². The minimum atomic E-state index is -1.15. The maximum Gasteiger partial charge on any atom is 0.243 e. The molecular weight excluding hydrogens is 364 g/mol. The largest absolute Gasteiger partial charge is 0.391 e. The normalized spacial score (nSPS) is 15.2. The number of nitrogens with two attached hydrogens (primary N) is 2. The topological polar surface area (TPSA) is 183 Å². The molecule has 10 heteroatoms. The van der Waals surface area contributed by atoms with Crippen LogP contribution in [0, 0.1) is 11.3 Å². The van der Waals surface area contributed by atoms with Gasteiger partial charge in [-0.3, -0.25) is 19.8 Å². The monoisotopic (exact) mass is 399 g/mol. The van der Waals surface area contributed by atoms with E-state index in [4.69, 9.17) is 16.9 Å². The molecule has 0 aliphatic rings. The molecule has 0 fully saturated rings. The highest BCUT2D eigenvalue weighted by molar-refractivity contribution is 5.91. The lowest BCUT2D eigenvalue weighted by Gasteiger charge is -2.25. The van der Waals surface area contributed by atoms with E-state index in [0.717, 1.165) is 6.42 Å². The molecule has 161 valence electrons. The van der Waals surface area contributed by atoms with Crippen LogP contribution in [-0.2, 0) is 14.4 Å². The van der Waals surface area contributed by atoms with Crippen LogP contribution in [0.2, 0.25) is 0 Å². The lowest BCUT2D eigenvalue weighted by molar-refractivity contribution is -0.131. The summed E-state index contributed by atoms with van der Waals surface area (Å²) in [7, 11) is 0. The van der Waals surface area contributed by atoms with E-state index in [9.17, 15) is 19.5 Å². The predicted octanol–water partition coefficient (Wildman–Crippen LogP) is -1.14. The average Bonchev–Trinajstić information content (AvgIpc) is 2.65. The Balaban J connectivity index is 4.83. The number of carbonyl (C=O) groups excluding carboxylic acids is 3. The third kappa shape index (κ3) is 10.2. The van der Waals surface area contributed by atoms with Gasteiger partial charge in [-0.1, -0.05) is 33.6 Å². The van der Waals surface area contributed by atoms with Crippen LogP contribution in [0.15, 0.2) is 0 Å². The summed E-state index contributed by atoms with van der Waals surface area (Å²) in [6, 6.07) is -2.84. The summed E-state index contributed by atoms with van der Waals surface area (Å²) in [5.74, 6) is -1.49. The molecule has 0 spiro atoms. The van der Waals surface area contributed by atoms with Gasteiger partial charge in [-0.25, -0.2) is 0 Å². The van der Waals surface area contributed by atoms with Gasteiger partial charge in [0, 0.05) is 6.54 Å². The smallest absolute Gasteiger partial charge is 0.243 e. The molecule has 0 heterocycles. The van der Waals surface area contributed by atoms with Crippen LogP contribution in [0.1, 0.15) is 52.9 Å². The molecule has 0 aromatic carbocycles. The molecule has 0 rings (SSSR count). The Kier molecular flexibility index (Phi) is 12.8. The van der Waals surface area contributed by atoms with Crippen molar-refractivity contribution < 1.29 is 19.5 Å². The number of carbonyl (C=O) groups is 2. The highest BCUT2D eigenvalue weighted by Crippen LogP contribution is 2.07. The molecule has 0 saturated heterocycles. The molecule has 0 aromatic heterocycles. The van der Waals surface area contributed by atoms with Crippen molar-refractivity contribution in [1.29, 1.82) is 5.41 Å². The van der Waals surface area contributed by atoms with Crippen LogP contribution in [-0.4, -0.2) is 59.9 Å². The van der Waals surface area contributed by atoms with Gasteiger partial charge in [0.2, 0.25) is 18.1 Å². The zero-order chi connectivity index (χ0) is 21.7. The standard InChI is InChI=1S/C18H35N6O4/c1-4-5-8-13(24-17(28)14(19)15(26)11(2)3)16(27)23-12(10-25)7-6-9-22-18(20)21/h11-15,26H,4-9,19H2,1-3H3,(H,23,27)(H,24,28)(H4,20,21,22)/t12-,13+,14+,15-/m1/s1. The van der Waals surface area contributed by atoms with E-state index in [2.05, 4.69) is 16.0 Å². The van der Waals surface area contributed by atoms with Gasteiger partial charge < -0.3 is 32.5 Å². The molecule has 0 aliphatic heterocycles. The molecule has 9 N–H and O–H groups in total. The SMILES string of the molecule is CCCC[C@H](NC(=O)[C@@H](N)[C@H](O)C(C)C)C(=O)N[C@@H]([C]=O)CCCNC(=N)N. The minimum Gasteiger partial charge on any atom is -0.391 e. The van der Waals surface area contributed by atoms with Gasteiger partial charge in [-0.15, -0.1) is 0 Å². The van der Waals surface area contributed by atoms with E-state index in [1.165, 1.54) is 0 Å². The van der Waals surface area contributed by atoms with Crippen molar-refractivity contribution in [2.75, 3.05) is 6.54 Å². The summed E-state index contributed by atoms with van der Waals surface area (Å²) in [5, 5.41) is 24.8. The number of nitrogens with one attached hydrogen (secondary N) is 4. The number of unbranched alkanes of at least 4 members (excludes halogenated alkanes) is 1. The molecule has 0 aromatic rings. The Labute approximate surface area is 166 Å². The lowest BCUT2D eigenvalue weighted by atomic mass is 9.99. The first kappa shape index (κ1) is 25.8. The average molecular weight is 400 g/mol. The van der Waals surface area contributed by atoms with E-state index >= 15 is 0 Å². The number of aliphatic hydroxyl groups is 1. The van der Waals surface area contributed by atoms with Crippen molar-refractivity contribution >= 4 is 24.1 Å². The third-order valence-corrected chi connectivity index (χ3v) is 4.28. The Morgan fingerprint density at radius 3 is 2.29 bits per heavy atom. The molecule has 0 saturated carbocycles. The third-order valence-electron chi connectivity index (χ3n) is 4.28. The number of aliphatic hydroxyl groups excluding tert-OH is 1. The summed E-state index contributed by atoms with van der Waals surface area (Å²) in [4.78, 5) is 36.0. The summed E-state index contributed by atoms with van der Waals surface area (Å²) in [6.45, 7) is 5.82. The van der Waals surface area contributed by atoms with Crippen molar-refractivity contribution in [3.8, 4) is 0 Å². The second kappa shape index (κ2) is 13.9. The van der Waals surface area contributed by atoms with Crippen molar-refractivity contribution in [2.45, 2.75) is 77.1 Å². The van der Waals surface area contributed by atoms with E-state index < -0.39 is 36.0 Å². The molecule has 10 nitrogen and oxygen atoms in total. The van der Waals surface area contributed by atoms with Gasteiger partial charge in [0.15, 0.2) is 5.96 Å². The molecule has 2 amide bonds. The fourth-order valence-electron chi connectivity index (χ4n) is 2.48. The van der Waals surface area contributed by atoms with Crippen LogP contribution in [0.5, 0.6) is 0 Å². The maximum absolute atomic E-state index is 12.5. The molecule has 0 aliphatic carbocycles.